The van der Waals surface area contributed by atoms with Crippen LogP contribution in [0.5, 0.6) is 0 Å². The van der Waals surface area contributed by atoms with E-state index in [1.165, 1.54) is 5.01 Å². The fourth-order valence-electron chi connectivity index (χ4n) is 2.92. The molecule has 0 radical (unpaired) electrons. The largest absolute Gasteiger partial charge is 0.450 e. The molecule has 1 aromatic rings. The molecule has 1 saturated heterocycles. The first-order chi connectivity index (χ1) is 13.0. The Balaban J connectivity index is 0.00000392. The van der Waals surface area contributed by atoms with Gasteiger partial charge in [0.25, 0.3) is 0 Å². The molecule has 160 valence electrons. The molecule has 0 saturated carbocycles. The maximum atomic E-state index is 11.8. The predicted octanol–water partition coefficient (Wildman–Crippen LogP) is 3.60. The van der Waals surface area contributed by atoms with Gasteiger partial charge in [-0.3, -0.25) is 4.99 Å². The smallest absolute Gasteiger partial charge is 0.409 e. The average Bonchev–Trinajstić information content (AvgIpc) is 3.12. The second-order valence-electron chi connectivity index (χ2n) is 6.95. The van der Waals surface area contributed by atoms with Crippen molar-refractivity contribution in [2.45, 2.75) is 58.9 Å². The van der Waals surface area contributed by atoms with Gasteiger partial charge in [-0.25, -0.2) is 9.78 Å². The Bertz CT molecular complexity index is 615. The van der Waals surface area contributed by atoms with Gasteiger partial charge in [0.1, 0.15) is 0 Å². The Hall–Kier alpha value is -1.10. The number of nitrogens with zero attached hydrogens (tertiary/aromatic N) is 3. The zero-order valence-electron chi connectivity index (χ0n) is 17.4. The molecule has 1 aliphatic rings. The van der Waals surface area contributed by atoms with E-state index in [4.69, 9.17) is 9.73 Å². The minimum absolute atomic E-state index is 0. The molecule has 2 N–H and O–H groups in total. The number of halogens is 1. The quantitative estimate of drug-likeness (QED) is 0.325. The van der Waals surface area contributed by atoms with Gasteiger partial charge < -0.3 is 20.3 Å². The van der Waals surface area contributed by atoms with Crippen molar-refractivity contribution in [2.24, 2.45) is 4.99 Å². The van der Waals surface area contributed by atoms with Gasteiger partial charge in [0, 0.05) is 49.9 Å². The number of ether oxygens (including phenoxy) is 1. The normalized spacial score (nSPS) is 15.3. The van der Waals surface area contributed by atoms with Crippen LogP contribution in [0.2, 0.25) is 0 Å². The van der Waals surface area contributed by atoms with E-state index in [-0.39, 0.29) is 30.1 Å². The van der Waals surface area contributed by atoms with E-state index in [0.717, 1.165) is 37.5 Å². The highest BCUT2D eigenvalue weighted by molar-refractivity contribution is 14.0. The van der Waals surface area contributed by atoms with Crippen LogP contribution in [0.15, 0.2) is 10.4 Å². The van der Waals surface area contributed by atoms with Gasteiger partial charge in [0.2, 0.25) is 0 Å². The first-order valence-electron chi connectivity index (χ1n) is 9.94. The van der Waals surface area contributed by atoms with E-state index >= 15 is 0 Å². The molecule has 2 heterocycles. The summed E-state index contributed by atoms with van der Waals surface area (Å²) >= 11 is 1.73. The summed E-state index contributed by atoms with van der Waals surface area (Å²) in [5.41, 5.74) is 1.12. The highest BCUT2D eigenvalue weighted by atomic mass is 127. The molecular weight excluding hydrogens is 489 g/mol. The number of carbonyl (C=O) groups is 1. The van der Waals surface area contributed by atoms with E-state index in [2.05, 4.69) is 41.8 Å². The highest BCUT2D eigenvalue weighted by Crippen LogP contribution is 2.19. The standard InChI is InChI=1S/C19H33N5O2S.HI/c1-5-20-18(21-10-7-16-13-27-17(22-16)14(3)4)23-15-8-11-24(12-9-15)19(25)26-6-2;/h13-15H,5-12H2,1-4H3,(H2,20,21,23);1H. The number of likely N-dealkylation sites (tertiary alicyclic amines) is 1. The summed E-state index contributed by atoms with van der Waals surface area (Å²) in [6.07, 6.45) is 2.43. The minimum atomic E-state index is -0.208. The predicted molar refractivity (Wildman–Crippen MR) is 126 cm³/mol. The molecule has 0 unspecified atom stereocenters. The van der Waals surface area contributed by atoms with Crippen LogP contribution < -0.4 is 10.6 Å². The number of nitrogens with one attached hydrogen (secondary N) is 2. The monoisotopic (exact) mass is 523 g/mol. The minimum Gasteiger partial charge on any atom is -0.450 e. The summed E-state index contributed by atoms with van der Waals surface area (Å²) in [7, 11) is 0. The van der Waals surface area contributed by atoms with Crippen LogP contribution in [0.25, 0.3) is 0 Å². The Labute approximate surface area is 189 Å². The number of thiazole rings is 1. The van der Waals surface area contributed by atoms with Crippen molar-refractivity contribution in [3.8, 4) is 0 Å². The van der Waals surface area contributed by atoms with E-state index in [0.29, 0.717) is 38.2 Å². The number of aromatic nitrogens is 1. The van der Waals surface area contributed by atoms with Gasteiger partial charge in [-0.1, -0.05) is 13.8 Å². The van der Waals surface area contributed by atoms with Gasteiger partial charge in [-0.15, -0.1) is 35.3 Å². The fourth-order valence-corrected chi connectivity index (χ4v) is 3.79. The van der Waals surface area contributed by atoms with Crippen LogP contribution in [0.4, 0.5) is 4.79 Å². The third-order valence-electron chi connectivity index (χ3n) is 4.41. The van der Waals surface area contributed by atoms with E-state index < -0.39 is 0 Å². The Kier molecular flexibility index (Phi) is 11.7. The van der Waals surface area contributed by atoms with Crippen LogP contribution in [0, 0.1) is 0 Å². The molecule has 7 nitrogen and oxygen atoms in total. The van der Waals surface area contributed by atoms with Crippen LogP contribution in [-0.2, 0) is 11.2 Å². The molecule has 0 aliphatic carbocycles. The summed E-state index contributed by atoms with van der Waals surface area (Å²) < 4.78 is 5.07. The van der Waals surface area contributed by atoms with E-state index in [9.17, 15) is 4.79 Å². The molecule has 2 rings (SSSR count). The average molecular weight is 523 g/mol. The molecule has 0 bridgehead atoms. The number of hydrogen-bond donors (Lipinski definition) is 2. The molecule has 0 aromatic carbocycles. The van der Waals surface area contributed by atoms with Crippen molar-refractivity contribution < 1.29 is 9.53 Å². The maximum Gasteiger partial charge on any atom is 0.409 e. The number of rotatable bonds is 7. The van der Waals surface area contributed by atoms with Crippen LogP contribution >= 0.6 is 35.3 Å². The van der Waals surface area contributed by atoms with Crippen molar-refractivity contribution in [2.75, 3.05) is 32.8 Å². The molecule has 1 amide bonds. The number of guanidine groups is 1. The SMILES string of the molecule is CCNC(=NCCc1csc(C(C)C)n1)NC1CCN(C(=O)OCC)CC1.I. The molecule has 9 heteroatoms. The lowest BCUT2D eigenvalue weighted by Gasteiger charge is -2.32. The molecular formula is C19H34IN5O2S. The molecule has 1 aliphatic heterocycles. The number of aliphatic imine (C=N–C) groups is 1. The Morgan fingerprint density at radius 1 is 1.39 bits per heavy atom. The first-order valence-corrected chi connectivity index (χ1v) is 10.8. The van der Waals surface area contributed by atoms with Crippen LogP contribution in [-0.4, -0.2) is 60.8 Å². The van der Waals surface area contributed by atoms with Crippen molar-refractivity contribution in [1.82, 2.24) is 20.5 Å². The summed E-state index contributed by atoms with van der Waals surface area (Å²) in [6, 6.07) is 0.320. The van der Waals surface area contributed by atoms with Crippen molar-refractivity contribution in [3.63, 3.8) is 0 Å². The fraction of sp³-hybridized carbons (Fsp3) is 0.737. The van der Waals surface area contributed by atoms with E-state index in [1.54, 1.807) is 16.2 Å². The summed E-state index contributed by atoms with van der Waals surface area (Å²) in [4.78, 5) is 22.9. The Morgan fingerprint density at radius 3 is 2.68 bits per heavy atom. The lowest BCUT2D eigenvalue weighted by atomic mass is 10.1. The number of amides is 1. The second-order valence-corrected chi connectivity index (χ2v) is 7.84. The summed E-state index contributed by atoms with van der Waals surface area (Å²) in [6.45, 7) is 11.6. The first kappa shape index (κ1) is 24.9. The molecule has 0 spiro atoms. The lowest BCUT2D eigenvalue weighted by molar-refractivity contribution is 0.0963. The topological polar surface area (TPSA) is 78.9 Å². The van der Waals surface area contributed by atoms with Crippen molar-refractivity contribution in [3.05, 3.63) is 16.1 Å². The molecule has 1 aromatic heterocycles. The number of hydrogen-bond acceptors (Lipinski definition) is 5. The third-order valence-corrected chi connectivity index (χ3v) is 5.60. The van der Waals surface area contributed by atoms with Gasteiger partial charge in [0.05, 0.1) is 17.3 Å². The summed E-state index contributed by atoms with van der Waals surface area (Å²) in [5.74, 6) is 1.32. The third kappa shape index (κ3) is 8.10. The van der Waals surface area contributed by atoms with Crippen LogP contribution in [0.1, 0.15) is 57.2 Å². The van der Waals surface area contributed by atoms with Gasteiger partial charge in [-0.2, -0.15) is 0 Å². The van der Waals surface area contributed by atoms with Crippen molar-refractivity contribution in [1.29, 1.82) is 0 Å². The van der Waals surface area contributed by atoms with Gasteiger partial charge in [0.15, 0.2) is 5.96 Å². The lowest BCUT2D eigenvalue weighted by Crippen LogP contribution is -2.50. The molecule has 28 heavy (non-hydrogen) atoms. The van der Waals surface area contributed by atoms with Gasteiger partial charge >= 0.3 is 6.09 Å². The Morgan fingerprint density at radius 2 is 2.11 bits per heavy atom. The number of carbonyl (C=O) groups excluding carboxylic acids is 1. The zero-order valence-corrected chi connectivity index (χ0v) is 20.5. The van der Waals surface area contributed by atoms with Crippen LogP contribution in [0.3, 0.4) is 0 Å². The molecule has 0 atom stereocenters. The molecule has 1 fully saturated rings. The van der Waals surface area contributed by atoms with E-state index in [1.807, 2.05) is 6.92 Å². The maximum absolute atomic E-state index is 11.8. The van der Waals surface area contributed by atoms with Crippen molar-refractivity contribution >= 4 is 47.4 Å². The highest BCUT2D eigenvalue weighted by Gasteiger charge is 2.24. The number of piperidine rings is 1. The second kappa shape index (κ2) is 13.2. The van der Waals surface area contributed by atoms with Gasteiger partial charge in [-0.05, 0) is 26.7 Å². The zero-order chi connectivity index (χ0) is 19.6. The summed E-state index contributed by atoms with van der Waals surface area (Å²) in [5, 5.41) is 10.1.